The molecule has 0 unspecified atom stereocenters. The number of benzene rings is 1. The van der Waals surface area contributed by atoms with Crippen molar-refractivity contribution in [3.63, 3.8) is 0 Å². The predicted octanol–water partition coefficient (Wildman–Crippen LogP) is 2.73. The second kappa shape index (κ2) is 12.3. The molecule has 1 fully saturated rings. The van der Waals surface area contributed by atoms with Gasteiger partial charge in [-0.2, -0.15) is 5.10 Å². The van der Waals surface area contributed by atoms with Crippen molar-refractivity contribution < 1.29 is 23.9 Å². The summed E-state index contributed by atoms with van der Waals surface area (Å²) in [6, 6.07) is 9.19. The Morgan fingerprint density at radius 3 is 2.57 bits per heavy atom. The molecule has 188 valence electrons. The number of nitrogens with zero attached hydrogens (tertiary/aromatic N) is 2. The molecule has 2 N–H and O–H groups in total. The Bertz CT molecular complexity index is 1030. The van der Waals surface area contributed by atoms with Crippen LogP contribution in [0.5, 0.6) is 0 Å². The van der Waals surface area contributed by atoms with Gasteiger partial charge in [-0.1, -0.05) is 56.5 Å². The highest BCUT2D eigenvalue weighted by Crippen LogP contribution is 2.27. The normalized spacial score (nSPS) is 18.0. The zero-order chi connectivity index (χ0) is 25.4. The monoisotopic (exact) mass is 482 g/mol. The number of nitrogens with one attached hydrogen (secondary N) is 2. The third-order valence-electron chi connectivity index (χ3n) is 6.40. The van der Waals surface area contributed by atoms with Gasteiger partial charge in [-0.05, 0) is 32.3 Å². The molecule has 0 bridgehead atoms. The number of hydrogen-bond donors (Lipinski definition) is 2. The van der Waals surface area contributed by atoms with Crippen LogP contribution in [0.4, 0.5) is 0 Å². The quantitative estimate of drug-likeness (QED) is 0.375. The van der Waals surface area contributed by atoms with Crippen molar-refractivity contribution >= 4 is 23.6 Å². The van der Waals surface area contributed by atoms with E-state index in [1.807, 2.05) is 19.9 Å². The highest BCUT2D eigenvalue weighted by Gasteiger charge is 2.37. The smallest absolute Gasteiger partial charge is 0.311 e. The summed E-state index contributed by atoms with van der Waals surface area (Å²) in [4.78, 5) is 50.8. The lowest BCUT2D eigenvalue weighted by molar-refractivity contribution is -0.148. The number of ether oxygens (including phenoxy) is 1. The second-order valence-corrected chi connectivity index (χ2v) is 9.01. The second-order valence-electron chi connectivity index (χ2n) is 9.01. The van der Waals surface area contributed by atoms with Gasteiger partial charge in [0, 0.05) is 24.3 Å². The molecule has 0 saturated heterocycles. The fourth-order valence-electron chi connectivity index (χ4n) is 4.23. The van der Waals surface area contributed by atoms with E-state index in [9.17, 15) is 19.2 Å². The van der Waals surface area contributed by atoms with Gasteiger partial charge in [0.05, 0.1) is 5.92 Å². The minimum Gasteiger partial charge on any atom is -0.457 e. The van der Waals surface area contributed by atoms with Crippen LogP contribution < -0.4 is 10.6 Å². The van der Waals surface area contributed by atoms with Gasteiger partial charge in [0.15, 0.2) is 12.4 Å². The number of ketones is 1. The molecule has 3 atom stereocenters. The first-order chi connectivity index (χ1) is 16.8. The van der Waals surface area contributed by atoms with Gasteiger partial charge in [-0.25, -0.2) is 0 Å². The number of hydrogen-bond acceptors (Lipinski definition) is 6. The standard InChI is InChI=1S/C26H34N4O5/c1-4-5-13-21(28-25(33)22-15-17(2)30(3)29-22)24(32)27-20-14-9-12-19(20)26(34)35-16-23(31)18-10-7-6-8-11-18/h6-8,10-11,15,19-21H,4-5,9,12-14,16H2,1-3H3,(H,27,32)(H,28,33)/t19-,20+,21+/m1/s1. The molecule has 1 saturated carbocycles. The average Bonchev–Trinajstić information content (AvgIpc) is 3.46. The Morgan fingerprint density at radius 2 is 1.91 bits per heavy atom. The van der Waals surface area contributed by atoms with E-state index in [1.165, 1.54) is 0 Å². The lowest BCUT2D eigenvalue weighted by Crippen LogP contribution is -2.51. The van der Waals surface area contributed by atoms with Gasteiger partial charge in [-0.15, -0.1) is 0 Å². The van der Waals surface area contributed by atoms with Crippen LogP contribution in [0, 0.1) is 12.8 Å². The van der Waals surface area contributed by atoms with Crippen LogP contribution in [0.2, 0.25) is 0 Å². The first-order valence-corrected chi connectivity index (χ1v) is 12.2. The van der Waals surface area contributed by atoms with Crippen LogP contribution in [-0.2, 0) is 21.4 Å². The molecule has 1 aromatic carbocycles. The van der Waals surface area contributed by atoms with E-state index < -0.39 is 29.9 Å². The fourth-order valence-corrected chi connectivity index (χ4v) is 4.23. The summed E-state index contributed by atoms with van der Waals surface area (Å²) >= 11 is 0. The number of carbonyl (C=O) groups is 4. The molecule has 1 heterocycles. The summed E-state index contributed by atoms with van der Waals surface area (Å²) in [5.41, 5.74) is 1.57. The molecule has 0 radical (unpaired) electrons. The number of Topliss-reactive ketones (excluding diaryl/α,β-unsaturated/α-hetero) is 1. The molecule has 1 aromatic heterocycles. The molecular formula is C26H34N4O5. The zero-order valence-corrected chi connectivity index (χ0v) is 20.6. The maximum absolute atomic E-state index is 13.1. The lowest BCUT2D eigenvalue weighted by Gasteiger charge is -2.24. The summed E-state index contributed by atoms with van der Waals surface area (Å²) in [5, 5.41) is 9.93. The van der Waals surface area contributed by atoms with Gasteiger partial charge in [0.25, 0.3) is 5.91 Å². The SMILES string of the molecule is CCCC[C@H](NC(=O)c1cc(C)n(C)n1)C(=O)N[C@H]1CCC[C@H]1C(=O)OCC(=O)c1ccccc1. The Kier molecular flexibility index (Phi) is 9.17. The van der Waals surface area contributed by atoms with Gasteiger partial charge in [-0.3, -0.25) is 23.9 Å². The van der Waals surface area contributed by atoms with E-state index in [-0.39, 0.29) is 24.0 Å². The van der Waals surface area contributed by atoms with E-state index >= 15 is 0 Å². The molecule has 2 amide bonds. The van der Waals surface area contributed by atoms with Crippen LogP contribution in [0.3, 0.4) is 0 Å². The molecular weight excluding hydrogens is 448 g/mol. The van der Waals surface area contributed by atoms with E-state index in [0.29, 0.717) is 24.8 Å². The third-order valence-corrected chi connectivity index (χ3v) is 6.40. The summed E-state index contributed by atoms with van der Waals surface area (Å²) in [5.74, 6) is -2.03. The van der Waals surface area contributed by atoms with Gasteiger partial charge in [0.1, 0.15) is 11.7 Å². The summed E-state index contributed by atoms with van der Waals surface area (Å²) < 4.78 is 6.90. The Hall–Kier alpha value is -3.49. The van der Waals surface area contributed by atoms with E-state index in [2.05, 4.69) is 15.7 Å². The molecule has 0 aliphatic heterocycles. The summed E-state index contributed by atoms with van der Waals surface area (Å²) in [6.45, 7) is 3.52. The topological polar surface area (TPSA) is 119 Å². The van der Waals surface area contributed by atoms with Crippen LogP contribution in [0.1, 0.15) is 72.0 Å². The number of carbonyl (C=O) groups excluding carboxylic acids is 4. The highest BCUT2D eigenvalue weighted by molar-refractivity contribution is 5.98. The zero-order valence-electron chi connectivity index (χ0n) is 20.6. The third kappa shape index (κ3) is 7.00. The average molecular weight is 483 g/mol. The van der Waals surface area contributed by atoms with Gasteiger partial charge >= 0.3 is 5.97 Å². The highest BCUT2D eigenvalue weighted by atomic mass is 16.5. The van der Waals surface area contributed by atoms with Crippen molar-refractivity contribution in [2.45, 2.75) is 64.5 Å². The number of rotatable bonds is 11. The van der Waals surface area contributed by atoms with Crippen molar-refractivity contribution in [2.75, 3.05) is 6.61 Å². The fraction of sp³-hybridized carbons (Fsp3) is 0.500. The lowest BCUT2D eigenvalue weighted by atomic mass is 10.0. The number of aromatic nitrogens is 2. The summed E-state index contributed by atoms with van der Waals surface area (Å²) in [7, 11) is 1.75. The summed E-state index contributed by atoms with van der Waals surface area (Å²) in [6.07, 6.45) is 4.08. The van der Waals surface area contributed by atoms with E-state index in [1.54, 1.807) is 42.1 Å². The Labute approximate surface area is 205 Å². The predicted molar refractivity (Wildman–Crippen MR) is 130 cm³/mol. The van der Waals surface area contributed by atoms with Crippen LogP contribution in [-0.4, -0.2) is 52.0 Å². The first-order valence-electron chi connectivity index (χ1n) is 12.2. The van der Waals surface area contributed by atoms with Crippen LogP contribution in [0.15, 0.2) is 36.4 Å². The van der Waals surface area contributed by atoms with Crippen LogP contribution >= 0.6 is 0 Å². The largest absolute Gasteiger partial charge is 0.457 e. The van der Waals surface area contributed by atoms with Crippen molar-refractivity contribution in [1.82, 2.24) is 20.4 Å². The molecule has 2 aromatic rings. The number of unbranched alkanes of at least 4 members (excludes halogenated alkanes) is 1. The number of amides is 2. The molecule has 9 heteroatoms. The number of esters is 1. The van der Waals surface area contributed by atoms with Crippen molar-refractivity contribution in [3.8, 4) is 0 Å². The van der Waals surface area contributed by atoms with E-state index in [4.69, 9.17) is 4.74 Å². The minimum absolute atomic E-state index is 0.254. The van der Waals surface area contributed by atoms with Gasteiger partial charge in [0.2, 0.25) is 5.91 Å². The van der Waals surface area contributed by atoms with Crippen molar-refractivity contribution in [2.24, 2.45) is 13.0 Å². The molecule has 3 rings (SSSR count). The Morgan fingerprint density at radius 1 is 1.17 bits per heavy atom. The van der Waals surface area contributed by atoms with Crippen molar-refractivity contribution in [1.29, 1.82) is 0 Å². The number of aryl methyl sites for hydroxylation is 2. The van der Waals surface area contributed by atoms with Crippen LogP contribution in [0.25, 0.3) is 0 Å². The van der Waals surface area contributed by atoms with Crippen molar-refractivity contribution in [3.05, 3.63) is 53.3 Å². The molecule has 1 aliphatic rings. The van der Waals surface area contributed by atoms with E-state index in [0.717, 1.165) is 25.0 Å². The molecule has 9 nitrogen and oxygen atoms in total. The first kappa shape index (κ1) is 26.1. The maximum atomic E-state index is 13.1. The maximum Gasteiger partial charge on any atom is 0.311 e. The van der Waals surface area contributed by atoms with Gasteiger partial charge < -0.3 is 15.4 Å². The minimum atomic E-state index is -0.735. The Balaban J connectivity index is 1.58. The molecule has 1 aliphatic carbocycles. The molecule has 35 heavy (non-hydrogen) atoms. The molecule has 0 spiro atoms.